The van der Waals surface area contributed by atoms with Crippen LogP contribution >= 0.6 is 0 Å². The number of carbonyl (C=O) groups is 1. The topological polar surface area (TPSA) is 81.0 Å². The Bertz CT molecular complexity index is 1570. The smallest absolute Gasteiger partial charge is 0.254 e. The summed E-state index contributed by atoms with van der Waals surface area (Å²) in [6, 6.07) is 10.0. The highest BCUT2D eigenvalue weighted by atomic mass is 19.1. The van der Waals surface area contributed by atoms with Gasteiger partial charge in [0.15, 0.2) is 0 Å². The maximum atomic E-state index is 14.0. The van der Waals surface area contributed by atoms with E-state index in [2.05, 4.69) is 13.8 Å². The zero-order valence-corrected chi connectivity index (χ0v) is 26.3. The number of pyridine rings is 1. The summed E-state index contributed by atoms with van der Waals surface area (Å²) in [6.45, 7) is 12.1. The molecule has 0 atom stereocenters. The Morgan fingerprint density at radius 3 is 2.19 bits per heavy atom. The molecule has 2 fully saturated rings. The van der Waals surface area contributed by atoms with Crippen molar-refractivity contribution in [2.45, 2.75) is 91.4 Å². The molecule has 3 aromatic rings. The van der Waals surface area contributed by atoms with E-state index in [1.165, 1.54) is 22.8 Å². The number of rotatable bonds is 7. The Balaban J connectivity index is 1.48. The molecule has 1 saturated heterocycles. The van der Waals surface area contributed by atoms with Gasteiger partial charge in [-0.15, -0.1) is 0 Å². The fourth-order valence-corrected chi connectivity index (χ4v) is 6.39. The van der Waals surface area contributed by atoms with Crippen LogP contribution in [0.15, 0.2) is 47.4 Å². The van der Waals surface area contributed by atoms with Crippen molar-refractivity contribution in [3.63, 3.8) is 0 Å². The number of hydrogen-bond donors (Lipinski definition) is 1. The fraction of sp³-hybridized carbons (Fsp3) is 0.486. The van der Waals surface area contributed by atoms with Gasteiger partial charge in [0.1, 0.15) is 23.1 Å². The van der Waals surface area contributed by atoms with Crippen LogP contribution in [0.1, 0.15) is 76.5 Å². The van der Waals surface area contributed by atoms with Gasteiger partial charge in [-0.2, -0.15) is 0 Å². The fourth-order valence-electron chi connectivity index (χ4n) is 6.39. The van der Waals surface area contributed by atoms with E-state index >= 15 is 0 Å². The van der Waals surface area contributed by atoms with Gasteiger partial charge in [-0.1, -0.05) is 19.9 Å². The van der Waals surface area contributed by atoms with Gasteiger partial charge in [-0.3, -0.25) is 9.59 Å². The maximum absolute atomic E-state index is 14.0. The second-order valence-corrected chi connectivity index (χ2v) is 13.7. The zero-order valence-electron chi connectivity index (χ0n) is 26.3. The van der Waals surface area contributed by atoms with Crippen LogP contribution in [0.2, 0.25) is 0 Å². The van der Waals surface area contributed by atoms with Gasteiger partial charge in [-0.25, -0.2) is 4.39 Å². The van der Waals surface area contributed by atoms with Gasteiger partial charge in [0, 0.05) is 49.4 Å². The number of halogens is 1. The third-order valence-corrected chi connectivity index (χ3v) is 8.73. The minimum atomic E-state index is -1.13. The predicted molar refractivity (Wildman–Crippen MR) is 165 cm³/mol. The minimum Gasteiger partial charge on any atom is -0.490 e. The first-order valence-electron chi connectivity index (χ1n) is 15.1. The molecule has 0 bridgehead atoms. The normalized spacial score (nSPS) is 20.4. The van der Waals surface area contributed by atoms with Crippen LogP contribution in [0.25, 0.3) is 11.1 Å². The number of ether oxygens (including phenoxy) is 2. The SMILES string of the molecule is Cc1cc(F)cc(C)c1Oc1ccc(C(C)(C)O)cc1-c1cn(C)c(=O)cc1O[C@H]1CC[C@H](N2CC(C)(C)CC2=O)CC1. The maximum Gasteiger partial charge on any atom is 0.254 e. The van der Waals surface area contributed by atoms with Crippen molar-refractivity contribution >= 4 is 5.91 Å². The molecule has 1 aromatic heterocycles. The van der Waals surface area contributed by atoms with E-state index in [-0.39, 0.29) is 34.8 Å². The lowest BCUT2D eigenvalue weighted by Gasteiger charge is -2.35. The molecule has 0 radical (unpaired) electrons. The molecule has 1 amide bonds. The highest BCUT2D eigenvalue weighted by Crippen LogP contribution is 2.43. The molecule has 0 spiro atoms. The summed E-state index contributed by atoms with van der Waals surface area (Å²) in [5, 5.41) is 10.9. The molecule has 43 heavy (non-hydrogen) atoms. The molecule has 7 nitrogen and oxygen atoms in total. The van der Waals surface area contributed by atoms with Gasteiger partial charge >= 0.3 is 0 Å². The average molecular weight is 591 g/mol. The first-order chi connectivity index (χ1) is 20.1. The number of aliphatic hydroxyl groups is 1. The van der Waals surface area contributed by atoms with Crippen LogP contribution < -0.4 is 15.0 Å². The van der Waals surface area contributed by atoms with Crippen LogP contribution in [0.5, 0.6) is 17.2 Å². The van der Waals surface area contributed by atoms with E-state index in [1.54, 1.807) is 53.1 Å². The molecule has 230 valence electrons. The largest absolute Gasteiger partial charge is 0.490 e. The second kappa shape index (κ2) is 11.5. The van der Waals surface area contributed by atoms with E-state index in [0.717, 1.165) is 32.2 Å². The monoisotopic (exact) mass is 590 g/mol. The van der Waals surface area contributed by atoms with Gasteiger partial charge in [-0.05, 0) is 99.7 Å². The van der Waals surface area contributed by atoms with E-state index < -0.39 is 5.60 Å². The van der Waals surface area contributed by atoms with Gasteiger partial charge in [0.05, 0.1) is 11.7 Å². The van der Waals surface area contributed by atoms with Crippen molar-refractivity contribution in [1.82, 2.24) is 9.47 Å². The summed E-state index contributed by atoms with van der Waals surface area (Å²) >= 11 is 0. The number of aryl methyl sites for hydroxylation is 3. The molecule has 1 N–H and O–H groups in total. The summed E-state index contributed by atoms with van der Waals surface area (Å²) in [6.07, 6.45) is 5.43. The van der Waals surface area contributed by atoms with Crippen LogP contribution in [0.4, 0.5) is 4.39 Å². The number of carbonyl (C=O) groups excluding carboxylic acids is 1. The van der Waals surface area contributed by atoms with Gasteiger partial charge < -0.3 is 24.0 Å². The van der Waals surface area contributed by atoms with E-state index in [4.69, 9.17) is 9.47 Å². The van der Waals surface area contributed by atoms with Crippen molar-refractivity contribution in [2.75, 3.05) is 6.54 Å². The van der Waals surface area contributed by atoms with Crippen molar-refractivity contribution in [3.8, 4) is 28.4 Å². The number of amides is 1. The van der Waals surface area contributed by atoms with Crippen LogP contribution in [-0.2, 0) is 17.4 Å². The third-order valence-electron chi connectivity index (χ3n) is 8.73. The molecule has 2 aromatic carbocycles. The predicted octanol–water partition coefficient (Wildman–Crippen LogP) is 6.78. The van der Waals surface area contributed by atoms with E-state index in [9.17, 15) is 19.1 Å². The van der Waals surface area contributed by atoms with E-state index in [0.29, 0.717) is 51.5 Å². The third kappa shape index (κ3) is 6.64. The molecular formula is C35H43FN2O5. The average Bonchev–Trinajstić information content (AvgIpc) is 3.20. The second-order valence-electron chi connectivity index (χ2n) is 13.7. The Kier molecular flexibility index (Phi) is 8.20. The molecule has 8 heteroatoms. The molecule has 0 unspecified atom stereocenters. The van der Waals surface area contributed by atoms with Crippen molar-refractivity contribution in [3.05, 3.63) is 75.5 Å². The summed E-state index contributed by atoms with van der Waals surface area (Å²) in [5.74, 6) is 1.38. The Hall–Kier alpha value is -3.65. The summed E-state index contributed by atoms with van der Waals surface area (Å²) in [5.41, 5.74) is 1.95. The van der Waals surface area contributed by atoms with Crippen molar-refractivity contribution in [2.24, 2.45) is 12.5 Å². The lowest BCUT2D eigenvalue weighted by molar-refractivity contribution is -0.130. The quantitative estimate of drug-likeness (QED) is 0.328. The van der Waals surface area contributed by atoms with E-state index in [1.807, 2.05) is 11.0 Å². The van der Waals surface area contributed by atoms with Crippen LogP contribution in [0, 0.1) is 25.1 Å². The summed E-state index contributed by atoms with van der Waals surface area (Å²) in [7, 11) is 1.68. The molecule has 1 aliphatic carbocycles. The first kappa shape index (κ1) is 30.8. The van der Waals surface area contributed by atoms with Crippen molar-refractivity contribution in [1.29, 1.82) is 0 Å². The Morgan fingerprint density at radius 2 is 1.60 bits per heavy atom. The zero-order chi connectivity index (χ0) is 31.3. The minimum absolute atomic E-state index is 0.00582. The molecule has 1 saturated carbocycles. The molecule has 1 aliphatic heterocycles. The standard InChI is InChI=1S/C35H43FN2O5/c1-21-14-24(36)15-22(2)33(21)43-29-13-8-23(35(5,6)41)16-27(29)28-19-37(7)31(39)17-30(28)42-26-11-9-25(10-12-26)38-20-34(3,4)18-32(38)40/h8,13-17,19,25-26,41H,9-12,18,20H2,1-7H3/t25-,26-. The lowest BCUT2D eigenvalue weighted by atomic mass is 9.90. The van der Waals surface area contributed by atoms with Crippen LogP contribution in [-0.4, -0.2) is 39.2 Å². The number of hydrogen-bond acceptors (Lipinski definition) is 5. The highest BCUT2D eigenvalue weighted by molar-refractivity contribution is 5.79. The van der Waals surface area contributed by atoms with Crippen LogP contribution in [0.3, 0.4) is 0 Å². The van der Waals surface area contributed by atoms with Crippen molar-refractivity contribution < 1.29 is 23.8 Å². The summed E-state index contributed by atoms with van der Waals surface area (Å²) < 4.78 is 28.5. The molecular weight excluding hydrogens is 547 g/mol. The number of likely N-dealkylation sites (tertiary alicyclic amines) is 1. The molecule has 5 rings (SSSR count). The highest BCUT2D eigenvalue weighted by Gasteiger charge is 2.40. The first-order valence-corrected chi connectivity index (χ1v) is 15.1. The Labute approximate surface area is 253 Å². The Morgan fingerprint density at radius 1 is 0.953 bits per heavy atom. The number of benzene rings is 2. The molecule has 2 heterocycles. The van der Waals surface area contributed by atoms with Gasteiger partial charge in [0.25, 0.3) is 5.56 Å². The molecule has 2 aliphatic rings. The number of aromatic nitrogens is 1. The summed E-state index contributed by atoms with van der Waals surface area (Å²) in [4.78, 5) is 27.6. The van der Waals surface area contributed by atoms with Gasteiger partial charge in [0.2, 0.25) is 5.91 Å². The lowest BCUT2D eigenvalue weighted by Crippen LogP contribution is -2.41. The number of nitrogens with zero attached hydrogens (tertiary/aromatic N) is 2.